The van der Waals surface area contributed by atoms with Crippen LogP contribution in [0.5, 0.6) is 0 Å². The van der Waals surface area contributed by atoms with E-state index in [1.807, 2.05) is 13.8 Å². The van der Waals surface area contributed by atoms with Crippen molar-refractivity contribution in [1.82, 2.24) is 0 Å². The summed E-state index contributed by atoms with van der Waals surface area (Å²) >= 11 is 6.65. The molecule has 0 saturated heterocycles. The zero-order valence-corrected chi connectivity index (χ0v) is 12.1. The van der Waals surface area contributed by atoms with E-state index < -0.39 is 5.69 Å². The summed E-state index contributed by atoms with van der Waals surface area (Å²) in [5.41, 5.74) is -2.19. The lowest BCUT2D eigenvalue weighted by Gasteiger charge is -2.16. The number of rotatable bonds is 7. The van der Waals surface area contributed by atoms with Gasteiger partial charge in [-0.2, -0.15) is 0 Å². The van der Waals surface area contributed by atoms with Crippen LogP contribution < -0.4 is 0 Å². The molecule has 0 aromatic heterocycles. The smallest absolute Gasteiger partial charge is 0.259 e. The molecule has 0 rings (SSSR count). The average molecular weight is 266 g/mol. The van der Waals surface area contributed by atoms with Crippen molar-refractivity contribution in [2.24, 2.45) is 0 Å². The van der Waals surface area contributed by atoms with Crippen LogP contribution in [0.25, 0.3) is 0 Å². The fourth-order valence-electron chi connectivity index (χ4n) is 0.811. The van der Waals surface area contributed by atoms with Gasteiger partial charge < -0.3 is 9.05 Å². The lowest BCUT2D eigenvalue weighted by molar-refractivity contribution is 0.281. The molecule has 88 valence electrons. The third-order valence-corrected chi connectivity index (χ3v) is 5.95. The van der Waals surface area contributed by atoms with E-state index in [0.717, 1.165) is 12.8 Å². The molecule has 0 spiro atoms. The van der Waals surface area contributed by atoms with E-state index in [1.54, 1.807) is 0 Å². The molecule has 0 N–H and O–H groups in total. The summed E-state index contributed by atoms with van der Waals surface area (Å²) in [6, 6.07) is 0. The summed E-state index contributed by atoms with van der Waals surface area (Å²) in [6.45, 7) is 7.16. The SMILES string of the molecule is CCCCC#CSP(=S)(OCC)OCC. The largest absolute Gasteiger partial charge is 0.321 e. The van der Waals surface area contributed by atoms with E-state index >= 15 is 0 Å². The molecule has 2 nitrogen and oxygen atoms in total. The minimum atomic E-state index is -2.19. The highest BCUT2D eigenvalue weighted by Gasteiger charge is 2.17. The van der Waals surface area contributed by atoms with Crippen LogP contribution in [0, 0.1) is 11.2 Å². The Morgan fingerprint density at radius 1 is 1.20 bits per heavy atom. The van der Waals surface area contributed by atoms with Crippen molar-refractivity contribution in [1.29, 1.82) is 0 Å². The van der Waals surface area contributed by atoms with Crippen LogP contribution in [0.15, 0.2) is 0 Å². The zero-order chi connectivity index (χ0) is 11.6. The van der Waals surface area contributed by atoms with Crippen molar-refractivity contribution < 1.29 is 9.05 Å². The molecule has 0 aromatic carbocycles. The van der Waals surface area contributed by atoms with Crippen molar-refractivity contribution in [3.8, 4) is 11.2 Å². The second kappa shape index (κ2) is 9.69. The Bertz CT molecular complexity index is 248. The minimum Gasteiger partial charge on any atom is -0.321 e. The van der Waals surface area contributed by atoms with Crippen LogP contribution in [-0.2, 0) is 20.9 Å². The third-order valence-electron chi connectivity index (χ3n) is 1.46. The first kappa shape index (κ1) is 15.5. The molecule has 0 heterocycles. The lowest BCUT2D eigenvalue weighted by Crippen LogP contribution is -1.90. The van der Waals surface area contributed by atoms with Crippen LogP contribution in [0.3, 0.4) is 0 Å². The van der Waals surface area contributed by atoms with Crippen molar-refractivity contribution in [3.63, 3.8) is 0 Å². The Hall–Kier alpha value is 0.480. The van der Waals surface area contributed by atoms with E-state index in [2.05, 4.69) is 18.1 Å². The van der Waals surface area contributed by atoms with Crippen molar-refractivity contribution >= 4 is 28.9 Å². The maximum absolute atomic E-state index is 5.44. The normalized spacial score (nSPS) is 10.9. The molecule has 0 aliphatic heterocycles. The van der Waals surface area contributed by atoms with E-state index in [9.17, 15) is 0 Å². The molecule has 0 radical (unpaired) electrons. The Balaban J connectivity index is 4.03. The predicted octanol–water partition coefficient (Wildman–Crippen LogP) is 4.17. The van der Waals surface area contributed by atoms with Gasteiger partial charge in [0.2, 0.25) is 0 Å². The van der Waals surface area contributed by atoms with Gasteiger partial charge in [-0.15, -0.1) is 0 Å². The number of unbranched alkanes of at least 4 members (excludes halogenated alkanes) is 2. The fourth-order valence-corrected chi connectivity index (χ4v) is 4.35. The Kier molecular flexibility index (Phi) is 10.00. The Morgan fingerprint density at radius 2 is 1.80 bits per heavy atom. The highest BCUT2D eigenvalue weighted by atomic mass is 32.9. The number of hydrogen-bond donors (Lipinski definition) is 0. The molecule has 0 aliphatic carbocycles. The van der Waals surface area contributed by atoms with Crippen LogP contribution in [-0.4, -0.2) is 13.2 Å². The van der Waals surface area contributed by atoms with Gasteiger partial charge in [0.1, 0.15) is 0 Å². The fraction of sp³-hybridized carbons (Fsp3) is 0.800. The minimum absolute atomic E-state index is 0.584. The number of hydrogen-bond acceptors (Lipinski definition) is 4. The van der Waals surface area contributed by atoms with Crippen LogP contribution in [0.2, 0.25) is 0 Å². The van der Waals surface area contributed by atoms with Gasteiger partial charge in [0.05, 0.1) is 13.2 Å². The molecule has 0 fully saturated rings. The Labute approximate surface area is 102 Å². The van der Waals surface area contributed by atoms with Gasteiger partial charge in [0.15, 0.2) is 0 Å². The molecule has 0 unspecified atom stereocenters. The first-order valence-corrected chi connectivity index (χ1v) is 9.30. The molecule has 0 amide bonds. The molecule has 0 bridgehead atoms. The maximum atomic E-state index is 5.44. The van der Waals surface area contributed by atoms with Gasteiger partial charge in [-0.05, 0) is 37.3 Å². The highest BCUT2D eigenvalue weighted by Crippen LogP contribution is 2.60. The summed E-state index contributed by atoms with van der Waals surface area (Å²) in [5.74, 6) is 3.07. The van der Waals surface area contributed by atoms with Gasteiger partial charge in [0.25, 0.3) is 5.69 Å². The predicted molar refractivity (Wildman–Crippen MR) is 72.4 cm³/mol. The summed E-state index contributed by atoms with van der Waals surface area (Å²) in [4.78, 5) is 0. The Morgan fingerprint density at radius 3 is 2.27 bits per heavy atom. The molecule has 0 saturated carbocycles. The van der Waals surface area contributed by atoms with Crippen LogP contribution >= 0.6 is 17.1 Å². The second-order valence-corrected chi connectivity index (χ2v) is 8.68. The standard InChI is InChI=1S/C10H19O2PS2/c1-4-7-8-9-10-15-13(14,11-5-2)12-6-3/h4-8H2,1-3H3. The monoisotopic (exact) mass is 266 g/mol. The first-order valence-electron chi connectivity index (χ1n) is 5.24. The molecule has 5 heteroatoms. The van der Waals surface area contributed by atoms with E-state index in [-0.39, 0.29) is 0 Å². The van der Waals surface area contributed by atoms with Gasteiger partial charge in [-0.1, -0.05) is 19.3 Å². The molecule has 0 aliphatic rings. The van der Waals surface area contributed by atoms with E-state index in [4.69, 9.17) is 20.9 Å². The molecule has 0 aromatic rings. The highest BCUT2D eigenvalue weighted by molar-refractivity contribution is 8.69. The van der Waals surface area contributed by atoms with Crippen molar-refractivity contribution in [2.45, 2.75) is 40.0 Å². The van der Waals surface area contributed by atoms with E-state index in [0.29, 0.717) is 13.2 Å². The molecule has 15 heavy (non-hydrogen) atoms. The first-order chi connectivity index (χ1) is 7.18. The maximum Gasteiger partial charge on any atom is 0.259 e. The summed E-state index contributed by atoms with van der Waals surface area (Å²) in [6.07, 6.45) is 3.24. The summed E-state index contributed by atoms with van der Waals surface area (Å²) in [7, 11) is 0. The summed E-state index contributed by atoms with van der Waals surface area (Å²) in [5, 5.41) is 2.99. The third kappa shape index (κ3) is 8.30. The lowest BCUT2D eigenvalue weighted by atomic mass is 10.3. The molecular formula is C10H19O2PS2. The van der Waals surface area contributed by atoms with Crippen molar-refractivity contribution in [2.75, 3.05) is 13.2 Å². The molecular weight excluding hydrogens is 247 g/mol. The van der Waals surface area contributed by atoms with Gasteiger partial charge in [-0.3, -0.25) is 0 Å². The van der Waals surface area contributed by atoms with Crippen LogP contribution in [0.1, 0.15) is 40.0 Å². The van der Waals surface area contributed by atoms with Gasteiger partial charge in [0, 0.05) is 17.8 Å². The second-order valence-electron chi connectivity index (χ2n) is 2.76. The van der Waals surface area contributed by atoms with E-state index in [1.165, 1.54) is 17.8 Å². The van der Waals surface area contributed by atoms with Gasteiger partial charge >= 0.3 is 0 Å². The topological polar surface area (TPSA) is 18.5 Å². The van der Waals surface area contributed by atoms with Crippen molar-refractivity contribution in [3.05, 3.63) is 0 Å². The van der Waals surface area contributed by atoms with Crippen LogP contribution in [0.4, 0.5) is 0 Å². The van der Waals surface area contributed by atoms with Gasteiger partial charge in [-0.25, -0.2) is 0 Å². The average Bonchev–Trinajstić information content (AvgIpc) is 2.18. The molecule has 0 atom stereocenters. The zero-order valence-electron chi connectivity index (χ0n) is 9.62. The summed E-state index contributed by atoms with van der Waals surface area (Å²) < 4.78 is 10.9. The quantitative estimate of drug-likeness (QED) is 0.391.